The highest BCUT2D eigenvalue weighted by atomic mass is 16.5. The average Bonchev–Trinajstić information content (AvgIpc) is 2.77. The molecule has 1 atom stereocenters. The lowest BCUT2D eigenvalue weighted by molar-refractivity contribution is 0.233. The Morgan fingerprint density at radius 2 is 2.11 bits per heavy atom. The third-order valence-corrected chi connectivity index (χ3v) is 2.18. The molecule has 0 saturated heterocycles. The highest BCUT2D eigenvalue weighted by Gasteiger charge is 2.12. The van der Waals surface area contributed by atoms with Gasteiger partial charge in [0.15, 0.2) is 0 Å². The van der Waals surface area contributed by atoms with Crippen LogP contribution in [0.25, 0.3) is 11.4 Å². The molecule has 18 heavy (non-hydrogen) atoms. The molecule has 2 N–H and O–H groups in total. The van der Waals surface area contributed by atoms with Crippen LogP contribution in [0.3, 0.4) is 0 Å². The van der Waals surface area contributed by atoms with E-state index in [0.29, 0.717) is 17.6 Å². The number of ether oxygens (including phenoxy) is 1. The number of rotatable bonds is 4. The van der Waals surface area contributed by atoms with Crippen molar-refractivity contribution in [3.05, 3.63) is 24.2 Å². The molecule has 0 bridgehead atoms. The molecular formula is C12H16N4O2. The van der Waals surface area contributed by atoms with Crippen LogP contribution in [0.4, 0.5) is 0 Å². The maximum Gasteiger partial charge on any atom is 0.243 e. The number of aromatic nitrogens is 3. The molecule has 0 spiro atoms. The summed E-state index contributed by atoms with van der Waals surface area (Å²) in [4.78, 5) is 8.33. The second-order valence-corrected chi connectivity index (χ2v) is 4.29. The van der Waals surface area contributed by atoms with Crippen molar-refractivity contribution in [2.75, 3.05) is 0 Å². The van der Waals surface area contributed by atoms with Crippen molar-refractivity contribution in [3.63, 3.8) is 0 Å². The fourth-order valence-electron chi connectivity index (χ4n) is 1.39. The molecule has 6 nitrogen and oxygen atoms in total. The van der Waals surface area contributed by atoms with Crippen molar-refractivity contribution in [3.8, 4) is 17.3 Å². The Balaban J connectivity index is 2.26. The first-order valence-electron chi connectivity index (χ1n) is 5.78. The van der Waals surface area contributed by atoms with Gasteiger partial charge >= 0.3 is 0 Å². The van der Waals surface area contributed by atoms with Crippen molar-refractivity contribution >= 4 is 0 Å². The van der Waals surface area contributed by atoms with Crippen LogP contribution in [0.1, 0.15) is 32.7 Å². The van der Waals surface area contributed by atoms with E-state index in [1.54, 1.807) is 25.3 Å². The highest BCUT2D eigenvalue weighted by Crippen LogP contribution is 2.21. The molecule has 0 fully saturated rings. The quantitative estimate of drug-likeness (QED) is 0.889. The third kappa shape index (κ3) is 2.84. The molecule has 0 radical (unpaired) electrons. The van der Waals surface area contributed by atoms with Crippen LogP contribution >= 0.6 is 0 Å². The maximum absolute atomic E-state index is 5.67. The minimum atomic E-state index is -0.278. The zero-order valence-corrected chi connectivity index (χ0v) is 10.6. The fraction of sp³-hybridized carbons (Fsp3) is 0.417. The van der Waals surface area contributed by atoms with Gasteiger partial charge in [-0.15, -0.1) is 0 Å². The van der Waals surface area contributed by atoms with E-state index in [1.165, 1.54) is 0 Å². The van der Waals surface area contributed by atoms with Gasteiger partial charge in [0, 0.05) is 17.8 Å². The SMILES string of the molecule is CC(C)Oc1cc(-c2noc([C@H](C)N)n2)ccn1. The first kappa shape index (κ1) is 12.5. The summed E-state index contributed by atoms with van der Waals surface area (Å²) in [6.45, 7) is 5.67. The predicted molar refractivity (Wildman–Crippen MR) is 65.9 cm³/mol. The van der Waals surface area contributed by atoms with Gasteiger partial charge in [0.1, 0.15) is 0 Å². The summed E-state index contributed by atoms with van der Waals surface area (Å²) in [7, 11) is 0. The van der Waals surface area contributed by atoms with E-state index in [9.17, 15) is 0 Å². The molecule has 2 rings (SSSR count). The Labute approximate surface area is 105 Å². The largest absolute Gasteiger partial charge is 0.475 e. The molecule has 0 aliphatic rings. The normalized spacial score (nSPS) is 12.7. The van der Waals surface area contributed by atoms with Crippen molar-refractivity contribution in [1.82, 2.24) is 15.1 Å². The summed E-state index contributed by atoms with van der Waals surface area (Å²) in [6.07, 6.45) is 1.72. The smallest absolute Gasteiger partial charge is 0.243 e. The van der Waals surface area contributed by atoms with Crippen LogP contribution in [0.15, 0.2) is 22.9 Å². The van der Waals surface area contributed by atoms with Crippen LogP contribution in [0.2, 0.25) is 0 Å². The number of hydrogen-bond acceptors (Lipinski definition) is 6. The topological polar surface area (TPSA) is 87.1 Å². The molecule has 0 amide bonds. The van der Waals surface area contributed by atoms with Crippen LogP contribution in [-0.2, 0) is 0 Å². The summed E-state index contributed by atoms with van der Waals surface area (Å²) >= 11 is 0. The minimum absolute atomic E-state index is 0.0673. The van der Waals surface area contributed by atoms with Crippen LogP contribution in [0, 0.1) is 0 Å². The van der Waals surface area contributed by atoms with Crippen LogP contribution in [0.5, 0.6) is 5.88 Å². The molecule has 0 unspecified atom stereocenters. The maximum atomic E-state index is 5.67. The summed E-state index contributed by atoms with van der Waals surface area (Å²) < 4.78 is 10.6. The van der Waals surface area contributed by atoms with E-state index in [0.717, 1.165) is 5.56 Å². The first-order chi connectivity index (χ1) is 8.56. The van der Waals surface area contributed by atoms with Crippen molar-refractivity contribution < 1.29 is 9.26 Å². The summed E-state index contributed by atoms with van der Waals surface area (Å²) in [5.41, 5.74) is 6.46. The molecule has 0 aromatic carbocycles. The second-order valence-electron chi connectivity index (χ2n) is 4.29. The van der Waals surface area contributed by atoms with E-state index in [2.05, 4.69) is 15.1 Å². The molecule has 0 aliphatic heterocycles. The van der Waals surface area contributed by atoms with E-state index in [-0.39, 0.29) is 12.1 Å². The molecule has 6 heteroatoms. The van der Waals surface area contributed by atoms with Gasteiger partial charge in [0.05, 0.1) is 12.1 Å². The fourth-order valence-corrected chi connectivity index (χ4v) is 1.39. The molecule has 2 aromatic heterocycles. The molecular weight excluding hydrogens is 232 g/mol. The average molecular weight is 248 g/mol. The van der Waals surface area contributed by atoms with Crippen LogP contribution < -0.4 is 10.5 Å². The Hall–Kier alpha value is -1.95. The van der Waals surface area contributed by atoms with Gasteiger partial charge in [0.25, 0.3) is 0 Å². The van der Waals surface area contributed by atoms with Crippen molar-refractivity contribution in [2.45, 2.75) is 32.9 Å². The standard InChI is InChI=1S/C12H16N4O2/c1-7(2)17-10-6-9(4-5-14-10)11-15-12(8(3)13)18-16-11/h4-8H,13H2,1-3H3/t8-/m0/s1. The van der Waals surface area contributed by atoms with Gasteiger partial charge < -0.3 is 15.0 Å². The lowest BCUT2D eigenvalue weighted by Gasteiger charge is -2.08. The van der Waals surface area contributed by atoms with Gasteiger partial charge in [-0.25, -0.2) is 4.98 Å². The lowest BCUT2D eigenvalue weighted by Crippen LogP contribution is -2.06. The molecule has 2 heterocycles. The summed E-state index contributed by atoms with van der Waals surface area (Å²) in [5.74, 6) is 1.43. The highest BCUT2D eigenvalue weighted by molar-refractivity contribution is 5.55. The van der Waals surface area contributed by atoms with Crippen molar-refractivity contribution in [1.29, 1.82) is 0 Å². The number of pyridine rings is 1. The third-order valence-electron chi connectivity index (χ3n) is 2.18. The second kappa shape index (κ2) is 5.14. The van der Waals surface area contributed by atoms with Crippen LogP contribution in [-0.4, -0.2) is 21.2 Å². The Kier molecular flexibility index (Phi) is 3.57. The number of hydrogen-bond donors (Lipinski definition) is 1. The first-order valence-corrected chi connectivity index (χ1v) is 5.78. The minimum Gasteiger partial charge on any atom is -0.475 e. The monoisotopic (exact) mass is 248 g/mol. The molecule has 2 aromatic rings. The zero-order chi connectivity index (χ0) is 13.1. The lowest BCUT2D eigenvalue weighted by atomic mass is 10.2. The van der Waals surface area contributed by atoms with Gasteiger partial charge in [-0.2, -0.15) is 4.98 Å². The Morgan fingerprint density at radius 1 is 1.33 bits per heavy atom. The van der Waals surface area contributed by atoms with Gasteiger partial charge in [0.2, 0.25) is 17.6 Å². The Morgan fingerprint density at radius 3 is 2.72 bits per heavy atom. The summed E-state index contributed by atoms with van der Waals surface area (Å²) in [5, 5.41) is 3.88. The van der Waals surface area contributed by atoms with Gasteiger partial charge in [-0.05, 0) is 26.8 Å². The number of nitrogens with two attached hydrogens (primary N) is 1. The molecule has 96 valence electrons. The van der Waals surface area contributed by atoms with Gasteiger partial charge in [-0.1, -0.05) is 5.16 Å². The van der Waals surface area contributed by atoms with Crippen molar-refractivity contribution in [2.24, 2.45) is 5.73 Å². The molecule has 0 saturated carbocycles. The zero-order valence-electron chi connectivity index (χ0n) is 10.6. The van der Waals surface area contributed by atoms with E-state index >= 15 is 0 Å². The van der Waals surface area contributed by atoms with Gasteiger partial charge in [-0.3, -0.25) is 0 Å². The van der Waals surface area contributed by atoms with E-state index in [4.69, 9.17) is 15.0 Å². The summed E-state index contributed by atoms with van der Waals surface area (Å²) in [6, 6.07) is 3.29. The number of nitrogens with zero attached hydrogens (tertiary/aromatic N) is 3. The molecule has 0 aliphatic carbocycles. The van der Waals surface area contributed by atoms with E-state index in [1.807, 2.05) is 13.8 Å². The van der Waals surface area contributed by atoms with E-state index < -0.39 is 0 Å². The Bertz CT molecular complexity index is 522. The predicted octanol–water partition coefficient (Wildman–Crippen LogP) is 1.94.